The van der Waals surface area contributed by atoms with Crippen molar-refractivity contribution in [3.8, 4) is 0 Å². The van der Waals surface area contributed by atoms with Gasteiger partial charge in [0.1, 0.15) is 0 Å². The Labute approximate surface area is 174 Å². The standard InChI is InChI=1S/C21H24ClN3O4/c1-12-8-9-17(13(2)10-12)24-20(27)14(3)29-19(26)11-18(25-21(23)28)15-6-4-5-7-16(15)22/h4-10,14,18H,11H2,1-3H3,(H,24,27)(H3,23,25,28)/t14-,18-/m0/s1. The molecule has 154 valence electrons. The highest BCUT2D eigenvalue weighted by Gasteiger charge is 2.24. The lowest BCUT2D eigenvalue weighted by Crippen LogP contribution is -2.36. The summed E-state index contributed by atoms with van der Waals surface area (Å²) in [4.78, 5) is 36.1. The average Bonchev–Trinajstić information content (AvgIpc) is 2.63. The minimum atomic E-state index is -1.02. The van der Waals surface area contributed by atoms with Crippen LogP contribution in [0.5, 0.6) is 0 Å². The van der Waals surface area contributed by atoms with Crippen LogP contribution in [0.3, 0.4) is 0 Å². The molecule has 0 aliphatic rings. The van der Waals surface area contributed by atoms with Gasteiger partial charge in [-0.15, -0.1) is 0 Å². The summed E-state index contributed by atoms with van der Waals surface area (Å²) in [7, 11) is 0. The fraction of sp³-hybridized carbons (Fsp3) is 0.286. The first-order valence-corrected chi connectivity index (χ1v) is 9.43. The van der Waals surface area contributed by atoms with Gasteiger partial charge in [0.2, 0.25) is 0 Å². The number of amides is 3. The fourth-order valence-electron chi connectivity index (χ4n) is 2.82. The number of rotatable bonds is 7. The van der Waals surface area contributed by atoms with Crippen LogP contribution in [-0.2, 0) is 14.3 Å². The van der Waals surface area contributed by atoms with E-state index in [-0.39, 0.29) is 6.42 Å². The van der Waals surface area contributed by atoms with Crippen molar-refractivity contribution in [2.24, 2.45) is 5.73 Å². The molecule has 4 N–H and O–H groups in total. The van der Waals surface area contributed by atoms with Gasteiger partial charge in [0, 0.05) is 10.7 Å². The zero-order chi connectivity index (χ0) is 21.6. The molecule has 3 amide bonds. The molecule has 0 saturated heterocycles. The van der Waals surface area contributed by atoms with E-state index < -0.39 is 30.1 Å². The van der Waals surface area contributed by atoms with E-state index in [9.17, 15) is 14.4 Å². The molecule has 0 aromatic heterocycles. The Balaban J connectivity index is 2.02. The van der Waals surface area contributed by atoms with Crippen LogP contribution in [0.15, 0.2) is 42.5 Å². The van der Waals surface area contributed by atoms with E-state index >= 15 is 0 Å². The van der Waals surface area contributed by atoms with Crippen LogP contribution in [-0.4, -0.2) is 24.0 Å². The summed E-state index contributed by atoms with van der Waals surface area (Å²) in [6.45, 7) is 5.31. The second kappa shape index (κ2) is 9.93. The smallest absolute Gasteiger partial charge is 0.312 e. The molecule has 0 radical (unpaired) electrons. The highest BCUT2D eigenvalue weighted by Crippen LogP contribution is 2.25. The molecule has 0 aliphatic heterocycles. The van der Waals surface area contributed by atoms with Gasteiger partial charge in [0.05, 0.1) is 12.5 Å². The van der Waals surface area contributed by atoms with Crippen LogP contribution in [0, 0.1) is 13.8 Å². The Bertz CT molecular complexity index is 917. The van der Waals surface area contributed by atoms with Crippen LogP contribution in [0.25, 0.3) is 0 Å². The van der Waals surface area contributed by atoms with Crippen molar-refractivity contribution >= 4 is 35.2 Å². The highest BCUT2D eigenvalue weighted by molar-refractivity contribution is 6.31. The number of carbonyl (C=O) groups excluding carboxylic acids is 3. The zero-order valence-corrected chi connectivity index (χ0v) is 17.2. The largest absolute Gasteiger partial charge is 0.452 e. The molecule has 0 spiro atoms. The molecule has 0 saturated carbocycles. The number of aryl methyl sites for hydroxylation is 2. The monoisotopic (exact) mass is 417 g/mol. The maximum Gasteiger partial charge on any atom is 0.312 e. The lowest BCUT2D eigenvalue weighted by atomic mass is 10.0. The molecule has 2 aromatic carbocycles. The average molecular weight is 418 g/mol. The van der Waals surface area contributed by atoms with Crippen molar-refractivity contribution in [3.63, 3.8) is 0 Å². The van der Waals surface area contributed by atoms with Crippen molar-refractivity contribution in [2.75, 3.05) is 5.32 Å². The first-order chi connectivity index (χ1) is 13.7. The van der Waals surface area contributed by atoms with Gasteiger partial charge in [-0.3, -0.25) is 9.59 Å². The molecule has 2 atom stereocenters. The number of anilines is 1. The van der Waals surface area contributed by atoms with Gasteiger partial charge >= 0.3 is 12.0 Å². The van der Waals surface area contributed by atoms with Crippen molar-refractivity contribution in [3.05, 3.63) is 64.2 Å². The molecule has 0 unspecified atom stereocenters. The minimum absolute atomic E-state index is 0.228. The summed E-state index contributed by atoms with van der Waals surface area (Å²) in [5.74, 6) is -1.13. The Morgan fingerprint density at radius 3 is 2.45 bits per heavy atom. The number of nitrogens with one attached hydrogen (secondary N) is 2. The number of carbonyl (C=O) groups is 3. The van der Waals surface area contributed by atoms with Crippen LogP contribution >= 0.6 is 11.6 Å². The van der Waals surface area contributed by atoms with Gasteiger partial charge in [0.15, 0.2) is 6.10 Å². The van der Waals surface area contributed by atoms with E-state index in [1.807, 2.05) is 26.0 Å². The number of hydrogen-bond donors (Lipinski definition) is 3. The molecule has 0 bridgehead atoms. The van der Waals surface area contributed by atoms with E-state index in [0.29, 0.717) is 16.3 Å². The quantitative estimate of drug-likeness (QED) is 0.597. The van der Waals surface area contributed by atoms with Crippen molar-refractivity contribution in [2.45, 2.75) is 39.3 Å². The highest BCUT2D eigenvalue weighted by atomic mass is 35.5. The molecule has 2 rings (SSSR count). The first-order valence-electron chi connectivity index (χ1n) is 9.05. The summed E-state index contributed by atoms with van der Waals surface area (Å²) < 4.78 is 5.24. The Hall–Kier alpha value is -3.06. The molecule has 2 aromatic rings. The molecule has 29 heavy (non-hydrogen) atoms. The molecule has 0 heterocycles. The van der Waals surface area contributed by atoms with E-state index in [1.165, 1.54) is 6.92 Å². The van der Waals surface area contributed by atoms with E-state index in [2.05, 4.69) is 10.6 Å². The lowest BCUT2D eigenvalue weighted by Gasteiger charge is -2.20. The van der Waals surface area contributed by atoms with E-state index in [0.717, 1.165) is 11.1 Å². The van der Waals surface area contributed by atoms with Crippen LogP contribution in [0.1, 0.15) is 36.1 Å². The molecular formula is C21H24ClN3O4. The molecule has 0 aliphatic carbocycles. The second-order valence-electron chi connectivity index (χ2n) is 6.73. The maximum atomic E-state index is 12.4. The number of esters is 1. The minimum Gasteiger partial charge on any atom is -0.452 e. The Morgan fingerprint density at radius 2 is 1.83 bits per heavy atom. The van der Waals surface area contributed by atoms with Crippen molar-refractivity contribution in [1.29, 1.82) is 0 Å². The summed E-state index contributed by atoms with van der Waals surface area (Å²) in [6.07, 6.45) is -1.25. The van der Waals surface area contributed by atoms with Gasteiger partial charge in [0.25, 0.3) is 5.91 Å². The van der Waals surface area contributed by atoms with Crippen molar-refractivity contribution < 1.29 is 19.1 Å². The maximum absolute atomic E-state index is 12.4. The third-order valence-electron chi connectivity index (χ3n) is 4.29. The fourth-order valence-corrected chi connectivity index (χ4v) is 3.09. The number of hydrogen-bond acceptors (Lipinski definition) is 4. The summed E-state index contributed by atoms with van der Waals surface area (Å²) in [5.41, 5.74) is 8.36. The third kappa shape index (κ3) is 6.50. The second-order valence-corrected chi connectivity index (χ2v) is 7.13. The van der Waals surface area contributed by atoms with Gasteiger partial charge < -0.3 is 21.1 Å². The molecule has 0 fully saturated rings. The zero-order valence-electron chi connectivity index (χ0n) is 16.5. The van der Waals surface area contributed by atoms with Gasteiger partial charge in [-0.2, -0.15) is 0 Å². The number of halogens is 1. The molecule has 8 heteroatoms. The number of benzene rings is 2. The van der Waals surface area contributed by atoms with Gasteiger partial charge in [-0.25, -0.2) is 4.79 Å². The SMILES string of the molecule is Cc1ccc(NC(=O)[C@H](C)OC(=O)C[C@H](NC(N)=O)c2ccccc2Cl)c(C)c1. The first kappa shape index (κ1) is 22.2. The number of urea groups is 1. The summed E-state index contributed by atoms with van der Waals surface area (Å²) in [5, 5.41) is 5.59. The number of ether oxygens (including phenoxy) is 1. The van der Waals surface area contributed by atoms with E-state index in [4.69, 9.17) is 22.1 Å². The Morgan fingerprint density at radius 1 is 1.14 bits per heavy atom. The topological polar surface area (TPSA) is 111 Å². The van der Waals surface area contributed by atoms with Gasteiger partial charge in [-0.1, -0.05) is 47.5 Å². The predicted octanol–water partition coefficient (Wildman–Crippen LogP) is 3.63. The van der Waals surface area contributed by atoms with Crippen LogP contribution in [0.2, 0.25) is 5.02 Å². The van der Waals surface area contributed by atoms with Gasteiger partial charge in [-0.05, 0) is 44.0 Å². The summed E-state index contributed by atoms with van der Waals surface area (Å²) >= 11 is 6.15. The normalized spacial score (nSPS) is 12.6. The Kier molecular flexibility index (Phi) is 7.61. The summed E-state index contributed by atoms with van der Waals surface area (Å²) in [6, 6.07) is 10.8. The van der Waals surface area contributed by atoms with E-state index in [1.54, 1.807) is 30.3 Å². The number of primary amides is 1. The molecular weight excluding hydrogens is 394 g/mol. The van der Waals surface area contributed by atoms with Crippen LogP contribution in [0.4, 0.5) is 10.5 Å². The molecule has 7 nitrogen and oxygen atoms in total. The number of nitrogens with two attached hydrogens (primary N) is 1. The van der Waals surface area contributed by atoms with Crippen molar-refractivity contribution in [1.82, 2.24) is 5.32 Å². The third-order valence-corrected chi connectivity index (χ3v) is 4.63. The lowest BCUT2D eigenvalue weighted by molar-refractivity contribution is -0.153. The predicted molar refractivity (Wildman–Crippen MR) is 112 cm³/mol. The van der Waals surface area contributed by atoms with Crippen LogP contribution < -0.4 is 16.4 Å².